The van der Waals surface area contributed by atoms with Crippen molar-refractivity contribution < 1.29 is 13.6 Å². The second kappa shape index (κ2) is 5.61. The summed E-state index contributed by atoms with van der Waals surface area (Å²) in [6.45, 7) is 1.16. The van der Waals surface area contributed by atoms with Gasteiger partial charge in [0.1, 0.15) is 23.3 Å². The molecule has 3 nitrogen and oxygen atoms in total. The van der Waals surface area contributed by atoms with Gasteiger partial charge in [0, 0.05) is 18.7 Å². The smallest absolute Gasteiger partial charge is 0.264 e. The van der Waals surface area contributed by atoms with E-state index in [-0.39, 0.29) is 11.1 Å². The van der Waals surface area contributed by atoms with Crippen molar-refractivity contribution in [1.82, 2.24) is 4.90 Å². The summed E-state index contributed by atoms with van der Waals surface area (Å²) in [7, 11) is 0. The molecule has 1 aliphatic heterocycles. The van der Waals surface area contributed by atoms with E-state index in [1.54, 1.807) is 6.07 Å². The van der Waals surface area contributed by atoms with Gasteiger partial charge in [0.25, 0.3) is 5.91 Å². The minimum atomic E-state index is -0.790. The van der Waals surface area contributed by atoms with E-state index in [1.165, 1.54) is 11.0 Å². The highest BCUT2D eigenvalue weighted by molar-refractivity contribution is 6.01. The van der Waals surface area contributed by atoms with Gasteiger partial charge in [-0.2, -0.15) is 5.26 Å². The van der Waals surface area contributed by atoms with E-state index in [2.05, 4.69) is 0 Å². The summed E-state index contributed by atoms with van der Waals surface area (Å²) in [4.78, 5) is 13.5. The first-order valence-electron chi connectivity index (χ1n) is 5.98. The van der Waals surface area contributed by atoms with Crippen LogP contribution in [-0.4, -0.2) is 23.9 Å². The molecule has 98 valence electrons. The van der Waals surface area contributed by atoms with Crippen molar-refractivity contribution >= 4 is 12.0 Å². The Labute approximate surface area is 109 Å². The zero-order valence-electron chi connectivity index (χ0n) is 10.2. The number of hydrogen-bond donors (Lipinski definition) is 0. The van der Waals surface area contributed by atoms with E-state index in [4.69, 9.17) is 5.26 Å². The molecule has 1 fully saturated rings. The van der Waals surface area contributed by atoms with Crippen LogP contribution in [0.3, 0.4) is 0 Å². The zero-order valence-corrected chi connectivity index (χ0v) is 10.2. The molecule has 0 aliphatic carbocycles. The molecule has 0 N–H and O–H groups in total. The molecule has 0 aromatic heterocycles. The lowest BCUT2D eigenvalue weighted by Crippen LogP contribution is -2.28. The second-order valence-corrected chi connectivity index (χ2v) is 4.30. The van der Waals surface area contributed by atoms with Gasteiger partial charge in [-0.25, -0.2) is 8.78 Å². The van der Waals surface area contributed by atoms with E-state index in [0.29, 0.717) is 13.1 Å². The van der Waals surface area contributed by atoms with Gasteiger partial charge in [0.2, 0.25) is 0 Å². The number of carbonyl (C=O) groups is 1. The monoisotopic (exact) mass is 262 g/mol. The Morgan fingerprint density at radius 1 is 1.26 bits per heavy atom. The van der Waals surface area contributed by atoms with E-state index in [9.17, 15) is 13.6 Å². The van der Waals surface area contributed by atoms with Gasteiger partial charge < -0.3 is 4.90 Å². The molecule has 1 amide bonds. The van der Waals surface area contributed by atoms with Crippen LogP contribution in [0.25, 0.3) is 6.08 Å². The van der Waals surface area contributed by atoms with Gasteiger partial charge in [-0.15, -0.1) is 0 Å². The van der Waals surface area contributed by atoms with Crippen LogP contribution in [-0.2, 0) is 4.79 Å². The molecule has 0 spiro atoms. The lowest BCUT2D eigenvalue weighted by Gasteiger charge is -2.14. The Morgan fingerprint density at radius 2 is 1.84 bits per heavy atom. The largest absolute Gasteiger partial charge is 0.338 e. The third-order valence-corrected chi connectivity index (χ3v) is 3.03. The van der Waals surface area contributed by atoms with Crippen LogP contribution in [0.4, 0.5) is 8.78 Å². The van der Waals surface area contributed by atoms with Crippen LogP contribution >= 0.6 is 0 Å². The topological polar surface area (TPSA) is 44.1 Å². The van der Waals surface area contributed by atoms with Crippen molar-refractivity contribution in [2.75, 3.05) is 13.1 Å². The lowest BCUT2D eigenvalue weighted by molar-refractivity contribution is -0.125. The molecule has 1 aromatic rings. The average Bonchev–Trinajstić information content (AvgIpc) is 2.92. The van der Waals surface area contributed by atoms with Gasteiger partial charge in [0.05, 0.1) is 0 Å². The van der Waals surface area contributed by atoms with Crippen LogP contribution in [0.5, 0.6) is 0 Å². The lowest BCUT2D eigenvalue weighted by atomic mass is 10.1. The molecule has 1 saturated heterocycles. The predicted molar refractivity (Wildman–Crippen MR) is 65.8 cm³/mol. The molecule has 5 heteroatoms. The molecular weight excluding hydrogens is 250 g/mol. The van der Waals surface area contributed by atoms with Crippen LogP contribution in [0.15, 0.2) is 23.8 Å². The summed E-state index contributed by atoms with van der Waals surface area (Å²) >= 11 is 0. The minimum Gasteiger partial charge on any atom is -0.338 e. The zero-order chi connectivity index (χ0) is 13.8. The van der Waals surface area contributed by atoms with Gasteiger partial charge in [-0.05, 0) is 31.1 Å². The number of likely N-dealkylation sites (tertiary alicyclic amines) is 1. The third kappa shape index (κ3) is 2.79. The number of carbonyl (C=O) groups excluding carboxylic acids is 1. The fraction of sp³-hybridized carbons (Fsp3) is 0.286. The molecule has 19 heavy (non-hydrogen) atoms. The van der Waals surface area contributed by atoms with E-state index >= 15 is 0 Å². The number of nitrogens with zero attached hydrogens (tertiary/aromatic N) is 2. The Bertz CT molecular complexity index is 549. The van der Waals surface area contributed by atoms with Gasteiger partial charge in [-0.3, -0.25) is 4.79 Å². The highest BCUT2D eigenvalue weighted by Gasteiger charge is 2.22. The fourth-order valence-corrected chi connectivity index (χ4v) is 2.03. The van der Waals surface area contributed by atoms with Crippen molar-refractivity contribution in [2.24, 2.45) is 0 Å². The molecule has 0 saturated carbocycles. The number of rotatable bonds is 2. The number of benzene rings is 1. The molecule has 0 unspecified atom stereocenters. The summed E-state index contributed by atoms with van der Waals surface area (Å²) in [5.41, 5.74) is -0.600. The first-order chi connectivity index (χ1) is 9.13. The van der Waals surface area contributed by atoms with Crippen LogP contribution in [0.1, 0.15) is 18.4 Å². The predicted octanol–water partition coefficient (Wildman–Crippen LogP) is 2.49. The SMILES string of the molecule is N#C/C(=C/c1c(F)cccc1F)C(=O)N1CCCC1. The number of hydrogen-bond acceptors (Lipinski definition) is 2. The van der Waals surface area contributed by atoms with Crippen LogP contribution in [0.2, 0.25) is 0 Å². The van der Waals surface area contributed by atoms with Crippen LogP contribution in [0, 0.1) is 23.0 Å². The molecule has 2 rings (SSSR count). The minimum absolute atomic E-state index is 0.245. The van der Waals surface area contributed by atoms with Gasteiger partial charge in [0.15, 0.2) is 0 Å². The molecule has 0 radical (unpaired) electrons. The van der Waals surface area contributed by atoms with E-state index < -0.39 is 17.5 Å². The standard InChI is InChI=1S/C14H12F2N2O/c15-12-4-3-5-13(16)11(12)8-10(9-17)14(19)18-6-1-2-7-18/h3-5,8H,1-2,6-7H2/b10-8-. The van der Waals surface area contributed by atoms with Crippen LogP contribution < -0.4 is 0 Å². The molecule has 1 aliphatic rings. The molecule has 1 aromatic carbocycles. The Morgan fingerprint density at radius 3 is 2.37 bits per heavy atom. The van der Waals surface area contributed by atoms with Crippen molar-refractivity contribution in [3.63, 3.8) is 0 Å². The summed E-state index contributed by atoms with van der Waals surface area (Å²) in [5, 5.41) is 8.99. The number of amides is 1. The summed E-state index contributed by atoms with van der Waals surface area (Å²) in [6, 6.07) is 5.13. The Kier molecular flexibility index (Phi) is 3.91. The molecule has 0 atom stereocenters. The maximum Gasteiger partial charge on any atom is 0.264 e. The first kappa shape index (κ1) is 13.2. The average molecular weight is 262 g/mol. The quantitative estimate of drug-likeness (QED) is 0.607. The maximum absolute atomic E-state index is 13.5. The summed E-state index contributed by atoms with van der Waals surface area (Å²) in [6.07, 6.45) is 2.75. The van der Waals surface area contributed by atoms with E-state index in [1.807, 2.05) is 0 Å². The van der Waals surface area contributed by atoms with Crippen molar-refractivity contribution in [2.45, 2.75) is 12.8 Å². The Hall–Kier alpha value is -2.22. The molecular formula is C14H12F2N2O. The number of nitriles is 1. The van der Waals surface area contributed by atoms with E-state index in [0.717, 1.165) is 31.1 Å². The highest BCUT2D eigenvalue weighted by atomic mass is 19.1. The third-order valence-electron chi connectivity index (χ3n) is 3.03. The first-order valence-corrected chi connectivity index (χ1v) is 5.98. The number of halogens is 2. The van der Waals surface area contributed by atoms with Crippen molar-refractivity contribution in [1.29, 1.82) is 5.26 Å². The highest BCUT2D eigenvalue weighted by Crippen LogP contribution is 2.18. The van der Waals surface area contributed by atoms with Gasteiger partial charge >= 0.3 is 0 Å². The van der Waals surface area contributed by atoms with Crippen molar-refractivity contribution in [3.05, 3.63) is 41.0 Å². The summed E-state index contributed by atoms with van der Waals surface area (Å²) < 4.78 is 26.9. The second-order valence-electron chi connectivity index (χ2n) is 4.30. The molecule has 1 heterocycles. The summed E-state index contributed by atoms with van der Waals surface area (Å²) in [5.74, 6) is -2.05. The normalized spacial score (nSPS) is 15.4. The Balaban J connectivity index is 2.34. The maximum atomic E-state index is 13.5. The molecule has 0 bridgehead atoms. The van der Waals surface area contributed by atoms with Crippen molar-refractivity contribution in [3.8, 4) is 6.07 Å². The fourth-order valence-electron chi connectivity index (χ4n) is 2.03. The van der Waals surface area contributed by atoms with Gasteiger partial charge in [-0.1, -0.05) is 6.07 Å².